The van der Waals surface area contributed by atoms with E-state index in [0.717, 1.165) is 11.3 Å². The topological polar surface area (TPSA) is 36.7 Å². The predicted octanol–water partition coefficient (Wildman–Crippen LogP) is 3.66. The van der Waals surface area contributed by atoms with Crippen LogP contribution >= 0.6 is 11.6 Å². The van der Waals surface area contributed by atoms with E-state index in [1.807, 2.05) is 24.3 Å². The fraction of sp³-hybridized carbons (Fsp3) is 0.0667. The second kappa shape index (κ2) is 6.00. The van der Waals surface area contributed by atoms with Gasteiger partial charge in [-0.3, -0.25) is 4.98 Å². The molecule has 0 bridgehead atoms. The van der Waals surface area contributed by atoms with Crippen molar-refractivity contribution in [3.05, 3.63) is 70.5 Å². The molecule has 0 fully saturated rings. The molecule has 1 aromatic carbocycles. The predicted molar refractivity (Wildman–Crippen MR) is 72.0 cm³/mol. The van der Waals surface area contributed by atoms with Crippen LogP contribution in [0.3, 0.4) is 0 Å². The summed E-state index contributed by atoms with van der Waals surface area (Å²) in [7, 11) is 0. The van der Waals surface area contributed by atoms with Gasteiger partial charge in [0.15, 0.2) is 0 Å². The lowest BCUT2D eigenvalue weighted by molar-refractivity contribution is 1.11. The summed E-state index contributed by atoms with van der Waals surface area (Å²) in [6.07, 6.45) is 6.31. The smallest absolute Gasteiger partial charge is 0.0991 e. The summed E-state index contributed by atoms with van der Waals surface area (Å²) >= 11 is 5.96. The van der Waals surface area contributed by atoms with Crippen LogP contribution in [0, 0.1) is 17.4 Å². The lowest BCUT2D eigenvalue weighted by Gasteiger charge is -1.97. The van der Waals surface area contributed by atoms with Gasteiger partial charge in [0.2, 0.25) is 0 Å². The van der Waals surface area contributed by atoms with E-state index < -0.39 is 0 Å². The Bertz CT molecular complexity index is 595. The second-order valence-electron chi connectivity index (χ2n) is 3.69. The van der Waals surface area contributed by atoms with Crippen molar-refractivity contribution < 1.29 is 0 Å². The molecule has 0 atom stereocenters. The van der Waals surface area contributed by atoms with Crippen LogP contribution in [-0.4, -0.2) is 4.98 Å². The SMILES string of the molecule is N#Cc1ccc(C=CCc2ncc[c]c2Cl)cc1. The van der Waals surface area contributed by atoms with Crippen molar-refractivity contribution in [1.82, 2.24) is 4.98 Å². The maximum absolute atomic E-state index is 8.69. The third-order valence-electron chi connectivity index (χ3n) is 2.43. The number of hydrogen-bond acceptors (Lipinski definition) is 2. The van der Waals surface area contributed by atoms with Gasteiger partial charge in [-0.2, -0.15) is 5.26 Å². The van der Waals surface area contributed by atoms with Crippen molar-refractivity contribution in [3.63, 3.8) is 0 Å². The van der Waals surface area contributed by atoms with Crippen LogP contribution in [0.2, 0.25) is 5.02 Å². The lowest BCUT2D eigenvalue weighted by Crippen LogP contribution is -1.87. The molecule has 3 heteroatoms. The summed E-state index contributed by atoms with van der Waals surface area (Å²) in [5.74, 6) is 0. The first-order chi connectivity index (χ1) is 8.79. The van der Waals surface area contributed by atoms with Crippen LogP contribution in [-0.2, 0) is 6.42 Å². The molecule has 0 aliphatic rings. The first-order valence-electron chi connectivity index (χ1n) is 5.47. The van der Waals surface area contributed by atoms with Gasteiger partial charge in [-0.15, -0.1) is 0 Å². The highest BCUT2D eigenvalue weighted by Crippen LogP contribution is 2.13. The molecular weight excluding hydrogens is 244 g/mol. The Balaban J connectivity index is 2.03. The van der Waals surface area contributed by atoms with Gasteiger partial charge in [-0.1, -0.05) is 35.9 Å². The molecule has 0 unspecified atom stereocenters. The molecule has 0 saturated heterocycles. The summed E-state index contributed by atoms with van der Waals surface area (Å²) < 4.78 is 0. The Hall–Kier alpha value is -2.11. The van der Waals surface area contributed by atoms with Crippen LogP contribution < -0.4 is 0 Å². The van der Waals surface area contributed by atoms with Crippen LogP contribution in [0.15, 0.2) is 42.6 Å². The monoisotopic (exact) mass is 253 g/mol. The standard InChI is InChI=1S/C15H10ClN2/c16-14-4-2-10-18-15(14)5-1-3-12-6-8-13(11-17)9-7-12/h1-3,6-10H,5H2. The zero-order valence-electron chi connectivity index (χ0n) is 9.60. The molecule has 0 spiro atoms. The third kappa shape index (κ3) is 3.19. The van der Waals surface area contributed by atoms with E-state index in [1.165, 1.54) is 0 Å². The number of halogens is 1. The number of rotatable bonds is 3. The zero-order valence-corrected chi connectivity index (χ0v) is 10.4. The molecule has 0 saturated carbocycles. The minimum Gasteiger partial charge on any atom is -0.259 e. The molecule has 0 N–H and O–H groups in total. The highest BCUT2D eigenvalue weighted by molar-refractivity contribution is 6.31. The number of aromatic nitrogens is 1. The summed E-state index contributed by atoms with van der Waals surface area (Å²) in [4.78, 5) is 4.18. The van der Waals surface area contributed by atoms with Gasteiger partial charge in [0.05, 0.1) is 22.3 Å². The zero-order chi connectivity index (χ0) is 12.8. The number of nitriles is 1. The Morgan fingerprint density at radius 3 is 2.78 bits per heavy atom. The average molecular weight is 254 g/mol. The summed E-state index contributed by atoms with van der Waals surface area (Å²) in [5.41, 5.74) is 2.52. The summed E-state index contributed by atoms with van der Waals surface area (Å²) in [6, 6.07) is 14.1. The third-order valence-corrected chi connectivity index (χ3v) is 2.76. The maximum Gasteiger partial charge on any atom is 0.0991 e. The summed E-state index contributed by atoms with van der Waals surface area (Å²) in [6.45, 7) is 0. The Labute approximate surface area is 111 Å². The van der Waals surface area contributed by atoms with E-state index in [-0.39, 0.29) is 0 Å². The number of allylic oxidation sites excluding steroid dienone is 1. The van der Waals surface area contributed by atoms with Gasteiger partial charge in [0, 0.05) is 18.7 Å². The molecule has 18 heavy (non-hydrogen) atoms. The van der Waals surface area contributed by atoms with E-state index in [0.29, 0.717) is 17.0 Å². The molecule has 0 amide bonds. The first kappa shape index (κ1) is 12.3. The minimum absolute atomic E-state index is 0.557. The minimum atomic E-state index is 0.557. The van der Waals surface area contributed by atoms with E-state index in [1.54, 1.807) is 24.4 Å². The fourth-order valence-electron chi connectivity index (χ4n) is 1.50. The van der Waals surface area contributed by atoms with Gasteiger partial charge < -0.3 is 0 Å². The fourth-order valence-corrected chi connectivity index (χ4v) is 1.68. The molecule has 2 aromatic rings. The first-order valence-corrected chi connectivity index (χ1v) is 5.85. The molecule has 1 aromatic heterocycles. The molecule has 1 heterocycles. The van der Waals surface area contributed by atoms with E-state index >= 15 is 0 Å². The van der Waals surface area contributed by atoms with Gasteiger partial charge in [0.1, 0.15) is 0 Å². The van der Waals surface area contributed by atoms with Crippen LogP contribution in [0.25, 0.3) is 6.08 Å². The number of pyridine rings is 1. The lowest BCUT2D eigenvalue weighted by atomic mass is 10.1. The number of nitrogens with zero attached hydrogens (tertiary/aromatic N) is 2. The van der Waals surface area contributed by atoms with E-state index in [2.05, 4.69) is 17.1 Å². The number of benzene rings is 1. The van der Waals surface area contributed by atoms with Gasteiger partial charge in [-0.25, -0.2) is 0 Å². The Kier molecular flexibility index (Phi) is 4.11. The van der Waals surface area contributed by atoms with Crippen molar-refractivity contribution in [2.24, 2.45) is 0 Å². The van der Waals surface area contributed by atoms with Crippen molar-refractivity contribution in [2.45, 2.75) is 6.42 Å². The molecule has 2 nitrogen and oxygen atoms in total. The Morgan fingerprint density at radius 2 is 2.11 bits per heavy atom. The van der Waals surface area contributed by atoms with E-state index in [4.69, 9.17) is 16.9 Å². The van der Waals surface area contributed by atoms with Crippen molar-refractivity contribution in [3.8, 4) is 6.07 Å². The van der Waals surface area contributed by atoms with Gasteiger partial charge >= 0.3 is 0 Å². The van der Waals surface area contributed by atoms with Gasteiger partial charge in [-0.05, 0) is 23.8 Å². The van der Waals surface area contributed by atoms with Gasteiger partial charge in [0.25, 0.3) is 0 Å². The Morgan fingerprint density at radius 1 is 1.33 bits per heavy atom. The largest absolute Gasteiger partial charge is 0.259 e. The van der Waals surface area contributed by atoms with Crippen LogP contribution in [0.5, 0.6) is 0 Å². The summed E-state index contributed by atoms with van der Waals surface area (Å²) in [5, 5.41) is 9.25. The molecule has 0 aliphatic heterocycles. The van der Waals surface area contributed by atoms with Crippen LogP contribution in [0.1, 0.15) is 16.8 Å². The molecule has 2 rings (SSSR count). The quantitative estimate of drug-likeness (QED) is 0.837. The highest BCUT2D eigenvalue weighted by Gasteiger charge is 1.97. The number of hydrogen-bond donors (Lipinski definition) is 0. The second-order valence-corrected chi connectivity index (χ2v) is 4.07. The molecule has 0 aliphatic carbocycles. The maximum atomic E-state index is 8.69. The van der Waals surface area contributed by atoms with Crippen LogP contribution in [0.4, 0.5) is 0 Å². The average Bonchev–Trinajstić information content (AvgIpc) is 2.42. The van der Waals surface area contributed by atoms with Crippen molar-refractivity contribution in [2.75, 3.05) is 0 Å². The van der Waals surface area contributed by atoms with Crippen molar-refractivity contribution in [1.29, 1.82) is 5.26 Å². The molecule has 1 radical (unpaired) electrons. The van der Waals surface area contributed by atoms with Crippen molar-refractivity contribution >= 4 is 17.7 Å². The molecule has 87 valence electrons. The normalized spacial score (nSPS) is 10.4. The highest BCUT2D eigenvalue weighted by atomic mass is 35.5. The molecular formula is C15H10ClN2. The van der Waals surface area contributed by atoms with E-state index in [9.17, 15) is 0 Å².